The second kappa shape index (κ2) is 11.7. The number of fused-ring (bicyclic) bond motifs is 8. The molecule has 0 atom stereocenters. The molecule has 8 aromatic carbocycles. The average Bonchev–Trinajstić information content (AvgIpc) is 3.56. The minimum atomic E-state index is 0.895. The van der Waals surface area contributed by atoms with Gasteiger partial charge in [0.1, 0.15) is 5.82 Å². The Labute approximate surface area is 294 Å². The van der Waals surface area contributed by atoms with Crippen LogP contribution in [0, 0.1) is 0 Å². The number of rotatable bonds is 5. The summed E-state index contributed by atoms with van der Waals surface area (Å²) in [6.45, 7) is 0. The van der Waals surface area contributed by atoms with Crippen molar-refractivity contribution in [3.63, 3.8) is 0 Å². The molecule has 50 heavy (non-hydrogen) atoms. The smallest absolute Gasteiger partial charge is 0.138 e. The van der Waals surface area contributed by atoms with Gasteiger partial charge in [-0.2, -0.15) is 0 Å². The van der Waals surface area contributed by atoms with E-state index < -0.39 is 0 Å². The monoisotopic (exact) mass is 654 g/mol. The van der Waals surface area contributed by atoms with Crippen molar-refractivity contribution in [2.24, 2.45) is 0 Å². The van der Waals surface area contributed by atoms with Gasteiger partial charge in [-0.1, -0.05) is 133 Å². The van der Waals surface area contributed by atoms with Crippen molar-refractivity contribution < 1.29 is 0 Å². The van der Waals surface area contributed by atoms with Crippen molar-refractivity contribution in [2.75, 3.05) is 4.90 Å². The lowest BCUT2D eigenvalue weighted by Crippen LogP contribution is -2.11. The normalized spacial score (nSPS) is 11.6. The van der Waals surface area contributed by atoms with Crippen LogP contribution in [0.4, 0.5) is 17.2 Å². The van der Waals surface area contributed by atoms with Gasteiger partial charge in [0.15, 0.2) is 0 Å². The van der Waals surface area contributed by atoms with E-state index in [-0.39, 0.29) is 0 Å². The summed E-state index contributed by atoms with van der Waals surface area (Å²) in [4.78, 5) is 7.36. The Bertz CT molecular complexity index is 2850. The Morgan fingerprint density at radius 1 is 0.400 bits per heavy atom. The molecular weight excluding hydrogens is 625 g/mol. The number of thiophene rings is 1. The van der Waals surface area contributed by atoms with Gasteiger partial charge >= 0.3 is 0 Å². The fourth-order valence-electron chi connectivity index (χ4n) is 7.48. The Hall–Kier alpha value is -6.29. The van der Waals surface area contributed by atoms with Gasteiger partial charge in [0, 0.05) is 37.7 Å². The van der Waals surface area contributed by atoms with Crippen LogP contribution in [0.25, 0.3) is 74.7 Å². The second-order valence-electron chi connectivity index (χ2n) is 12.8. The fraction of sp³-hybridized carbons (Fsp3) is 0. The predicted molar refractivity (Wildman–Crippen MR) is 215 cm³/mol. The van der Waals surface area contributed by atoms with Crippen LogP contribution in [0.1, 0.15) is 0 Å². The Morgan fingerprint density at radius 2 is 1.02 bits per heavy atom. The van der Waals surface area contributed by atoms with E-state index in [9.17, 15) is 0 Å². The molecule has 2 nitrogen and oxygen atoms in total. The molecule has 0 spiro atoms. The zero-order chi connectivity index (χ0) is 33.0. The molecule has 0 amide bonds. The first kappa shape index (κ1) is 28.7. The van der Waals surface area contributed by atoms with Gasteiger partial charge in [0.05, 0.1) is 0 Å². The number of aromatic nitrogens is 1. The highest BCUT2D eigenvalue weighted by molar-refractivity contribution is 7.25. The minimum absolute atomic E-state index is 0.895. The molecule has 0 saturated carbocycles. The van der Waals surface area contributed by atoms with Crippen molar-refractivity contribution in [3.8, 4) is 22.3 Å². The van der Waals surface area contributed by atoms with E-state index in [1.54, 1.807) is 0 Å². The predicted octanol–water partition coefficient (Wildman–Crippen LogP) is 13.7. The number of benzene rings is 8. The number of nitrogens with zero attached hydrogens (tertiary/aromatic N) is 2. The first-order chi connectivity index (χ1) is 24.8. The van der Waals surface area contributed by atoms with E-state index in [0.29, 0.717) is 0 Å². The summed E-state index contributed by atoms with van der Waals surface area (Å²) in [5, 5.41) is 10.1. The Kier molecular flexibility index (Phi) is 6.71. The summed E-state index contributed by atoms with van der Waals surface area (Å²) in [6.07, 6.45) is 2.04. The SMILES string of the molecule is c1ccc(-c2ccc(N(c3ccc(-c4cc5ccccc5c5ccc6ccccc6c45)cc3)c3cc4sc5ccccc5c4cn3)cc2)cc1. The maximum Gasteiger partial charge on any atom is 0.138 e. The number of pyridine rings is 1. The molecule has 10 aromatic rings. The van der Waals surface area contributed by atoms with Gasteiger partial charge in [-0.3, -0.25) is 4.90 Å². The van der Waals surface area contributed by atoms with Gasteiger partial charge in [0.2, 0.25) is 0 Å². The third kappa shape index (κ3) is 4.74. The fourth-order valence-corrected chi connectivity index (χ4v) is 8.59. The molecular formula is C47H30N2S. The van der Waals surface area contributed by atoms with E-state index in [2.05, 4.69) is 181 Å². The minimum Gasteiger partial charge on any atom is -0.295 e. The molecule has 0 aliphatic carbocycles. The van der Waals surface area contributed by atoms with Crippen molar-refractivity contribution in [1.82, 2.24) is 4.98 Å². The average molecular weight is 655 g/mol. The Balaban J connectivity index is 1.13. The summed E-state index contributed by atoms with van der Waals surface area (Å²) in [5.41, 5.74) is 6.94. The molecule has 0 radical (unpaired) electrons. The van der Waals surface area contributed by atoms with Crippen molar-refractivity contribution in [1.29, 1.82) is 0 Å². The molecule has 0 N–H and O–H groups in total. The highest BCUT2D eigenvalue weighted by atomic mass is 32.1. The molecule has 0 fully saturated rings. The van der Waals surface area contributed by atoms with Gasteiger partial charge in [-0.25, -0.2) is 4.98 Å². The molecule has 2 heterocycles. The van der Waals surface area contributed by atoms with Crippen LogP contribution in [0.2, 0.25) is 0 Å². The van der Waals surface area contributed by atoms with Crippen LogP contribution in [0.15, 0.2) is 182 Å². The van der Waals surface area contributed by atoms with E-state index in [1.165, 1.54) is 74.7 Å². The number of hydrogen-bond acceptors (Lipinski definition) is 3. The summed E-state index contributed by atoms with van der Waals surface area (Å²) >= 11 is 1.82. The number of hydrogen-bond donors (Lipinski definition) is 0. The topological polar surface area (TPSA) is 16.1 Å². The van der Waals surface area contributed by atoms with E-state index in [4.69, 9.17) is 4.98 Å². The van der Waals surface area contributed by atoms with Gasteiger partial charge in [-0.05, 0) is 97.0 Å². The first-order valence-corrected chi connectivity index (χ1v) is 17.8. The van der Waals surface area contributed by atoms with Crippen LogP contribution in [0.5, 0.6) is 0 Å². The third-order valence-corrected chi connectivity index (χ3v) is 11.0. The lowest BCUT2D eigenvalue weighted by atomic mass is 9.90. The lowest BCUT2D eigenvalue weighted by Gasteiger charge is -2.25. The lowest BCUT2D eigenvalue weighted by molar-refractivity contribution is 1.19. The van der Waals surface area contributed by atoms with Crippen LogP contribution in [-0.2, 0) is 0 Å². The zero-order valence-electron chi connectivity index (χ0n) is 27.1. The summed E-state index contributed by atoms with van der Waals surface area (Å²) < 4.78 is 2.51. The zero-order valence-corrected chi connectivity index (χ0v) is 27.9. The summed E-state index contributed by atoms with van der Waals surface area (Å²) in [6, 6.07) is 63.5. The second-order valence-corrected chi connectivity index (χ2v) is 13.9. The molecule has 0 aliphatic rings. The van der Waals surface area contributed by atoms with Crippen LogP contribution < -0.4 is 4.90 Å². The standard InChI is InChI=1S/C47H30N2S/c1-2-10-31(11-3-1)32-18-23-36(24-19-32)49(46-29-45-43(30-48-46)40-16-8-9-17-44(40)50-45)37-25-20-34(21-26-37)42-28-35-13-5-6-14-38(35)41-27-22-33-12-4-7-15-39(33)47(41)42/h1-30H. The maximum atomic E-state index is 5.09. The summed E-state index contributed by atoms with van der Waals surface area (Å²) in [5.74, 6) is 0.895. The van der Waals surface area contributed by atoms with Gasteiger partial charge < -0.3 is 0 Å². The quantitative estimate of drug-likeness (QED) is 0.172. The van der Waals surface area contributed by atoms with Crippen molar-refractivity contribution >= 4 is 81.0 Å². The van der Waals surface area contributed by atoms with Crippen molar-refractivity contribution in [2.45, 2.75) is 0 Å². The van der Waals surface area contributed by atoms with E-state index >= 15 is 0 Å². The maximum absolute atomic E-state index is 5.09. The molecule has 234 valence electrons. The largest absolute Gasteiger partial charge is 0.295 e. The van der Waals surface area contributed by atoms with Crippen LogP contribution in [0.3, 0.4) is 0 Å². The molecule has 0 bridgehead atoms. The molecule has 3 heteroatoms. The molecule has 2 aromatic heterocycles. The van der Waals surface area contributed by atoms with Crippen LogP contribution in [-0.4, -0.2) is 4.98 Å². The molecule has 0 saturated heterocycles. The third-order valence-electron chi connectivity index (χ3n) is 9.90. The van der Waals surface area contributed by atoms with Gasteiger partial charge in [-0.15, -0.1) is 11.3 Å². The first-order valence-electron chi connectivity index (χ1n) is 17.0. The van der Waals surface area contributed by atoms with Crippen LogP contribution >= 0.6 is 11.3 Å². The van der Waals surface area contributed by atoms with Crippen molar-refractivity contribution in [3.05, 3.63) is 182 Å². The summed E-state index contributed by atoms with van der Waals surface area (Å²) in [7, 11) is 0. The Morgan fingerprint density at radius 3 is 1.80 bits per heavy atom. The van der Waals surface area contributed by atoms with Gasteiger partial charge in [0.25, 0.3) is 0 Å². The molecule has 0 aliphatic heterocycles. The molecule has 10 rings (SSSR count). The van der Waals surface area contributed by atoms with E-state index in [1.807, 2.05) is 17.5 Å². The van der Waals surface area contributed by atoms with E-state index in [0.717, 1.165) is 17.2 Å². The number of anilines is 3. The highest BCUT2D eigenvalue weighted by Gasteiger charge is 2.18. The highest BCUT2D eigenvalue weighted by Crippen LogP contribution is 2.42. The molecule has 0 unspecified atom stereocenters.